The van der Waals surface area contributed by atoms with Crippen LogP contribution in [0, 0.1) is 10.1 Å². The Morgan fingerprint density at radius 2 is 1.88 bits per heavy atom. The average molecular weight is 438 g/mol. The number of carbonyl (C=O) groups is 2. The molecule has 26 heavy (non-hydrogen) atoms. The number of carbonyl (C=O) groups excluding carboxylic acids is 2. The second-order valence-corrected chi connectivity index (χ2v) is 7.40. The van der Waals surface area contributed by atoms with Crippen molar-refractivity contribution < 1.29 is 14.5 Å². The minimum absolute atomic E-state index is 0.0454. The Balaban J connectivity index is 2.03. The Bertz CT molecular complexity index is 842. The summed E-state index contributed by atoms with van der Waals surface area (Å²) in [6, 6.07) is 11.6. The Morgan fingerprint density at radius 3 is 2.46 bits per heavy atom. The SMILES string of the molecule is CN(Cc1ccc(Br)cc1)C(=O)CSc1ccc(C(N)=O)cc1[N+](=O)[O-]. The Hall–Kier alpha value is -2.39. The Morgan fingerprint density at radius 1 is 1.23 bits per heavy atom. The van der Waals surface area contributed by atoms with Crippen molar-refractivity contribution in [3.8, 4) is 0 Å². The molecule has 0 saturated heterocycles. The third-order valence-electron chi connectivity index (χ3n) is 3.55. The van der Waals surface area contributed by atoms with Crippen LogP contribution in [0.3, 0.4) is 0 Å². The number of hydrogen-bond acceptors (Lipinski definition) is 5. The lowest BCUT2D eigenvalue weighted by Crippen LogP contribution is -2.27. The van der Waals surface area contributed by atoms with E-state index in [0.29, 0.717) is 11.4 Å². The van der Waals surface area contributed by atoms with Gasteiger partial charge in [-0.05, 0) is 29.8 Å². The standard InChI is InChI=1S/C17H16BrN3O4S/c1-20(9-11-2-5-13(18)6-3-11)16(22)10-26-15-7-4-12(17(19)23)8-14(15)21(24)25/h2-8H,9-10H2,1H3,(H2,19,23). The molecule has 7 nitrogen and oxygen atoms in total. The summed E-state index contributed by atoms with van der Waals surface area (Å²) in [4.78, 5) is 35.9. The van der Waals surface area contributed by atoms with Gasteiger partial charge in [-0.25, -0.2) is 0 Å². The van der Waals surface area contributed by atoms with E-state index in [0.717, 1.165) is 27.9 Å². The minimum atomic E-state index is -0.741. The number of nitrogens with two attached hydrogens (primary N) is 1. The smallest absolute Gasteiger partial charge is 0.283 e. The van der Waals surface area contributed by atoms with Crippen molar-refractivity contribution in [3.05, 3.63) is 68.2 Å². The summed E-state index contributed by atoms with van der Waals surface area (Å²) in [6.45, 7) is 0.440. The van der Waals surface area contributed by atoms with Crippen LogP contribution in [0.5, 0.6) is 0 Å². The molecule has 0 fully saturated rings. The summed E-state index contributed by atoms with van der Waals surface area (Å²) in [5.41, 5.74) is 5.94. The van der Waals surface area contributed by atoms with Gasteiger partial charge >= 0.3 is 0 Å². The number of rotatable bonds is 7. The molecule has 2 aromatic carbocycles. The lowest BCUT2D eigenvalue weighted by Gasteiger charge is -2.17. The van der Waals surface area contributed by atoms with Gasteiger partial charge in [0.1, 0.15) is 0 Å². The first-order valence-corrected chi connectivity index (χ1v) is 9.25. The maximum atomic E-state index is 12.3. The zero-order valence-corrected chi connectivity index (χ0v) is 16.2. The molecule has 2 aromatic rings. The number of nitrogens with zero attached hydrogens (tertiary/aromatic N) is 2. The van der Waals surface area contributed by atoms with Gasteiger partial charge in [0, 0.05) is 29.7 Å². The molecule has 0 bridgehead atoms. The number of benzene rings is 2. The van der Waals surface area contributed by atoms with Crippen LogP contribution in [-0.4, -0.2) is 34.4 Å². The van der Waals surface area contributed by atoms with Gasteiger partial charge in [-0.1, -0.05) is 28.1 Å². The van der Waals surface area contributed by atoms with Gasteiger partial charge in [-0.15, -0.1) is 11.8 Å². The highest BCUT2D eigenvalue weighted by atomic mass is 79.9. The van der Waals surface area contributed by atoms with E-state index < -0.39 is 10.8 Å². The van der Waals surface area contributed by atoms with Gasteiger partial charge in [0.15, 0.2) is 0 Å². The van der Waals surface area contributed by atoms with Crippen LogP contribution in [0.2, 0.25) is 0 Å². The fourth-order valence-corrected chi connectivity index (χ4v) is 3.35. The fraction of sp³-hybridized carbons (Fsp3) is 0.176. The summed E-state index contributed by atoms with van der Waals surface area (Å²) < 4.78 is 0.956. The van der Waals surface area contributed by atoms with E-state index in [4.69, 9.17) is 5.73 Å². The van der Waals surface area contributed by atoms with E-state index >= 15 is 0 Å². The van der Waals surface area contributed by atoms with Crippen LogP contribution in [0.4, 0.5) is 5.69 Å². The van der Waals surface area contributed by atoms with Crippen molar-refractivity contribution in [1.82, 2.24) is 4.90 Å². The Kier molecular flexibility index (Phi) is 6.76. The molecule has 0 saturated carbocycles. The van der Waals surface area contributed by atoms with Crippen molar-refractivity contribution in [2.45, 2.75) is 11.4 Å². The molecule has 136 valence electrons. The van der Waals surface area contributed by atoms with Gasteiger partial charge in [-0.2, -0.15) is 0 Å². The molecule has 0 aliphatic rings. The number of hydrogen-bond donors (Lipinski definition) is 1. The van der Waals surface area contributed by atoms with Gasteiger partial charge < -0.3 is 10.6 Å². The molecule has 0 aliphatic carbocycles. The largest absolute Gasteiger partial charge is 0.366 e. The topological polar surface area (TPSA) is 107 Å². The predicted molar refractivity (Wildman–Crippen MR) is 103 cm³/mol. The highest BCUT2D eigenvalue weighted by molar-refractivity contribution is 9.10. The van der Waals surface area contributed by atoms with Crippen molar-refractivity contribution in [2.24, 2.45) is 5.73 Å². The highest BCUT2D eigenvalue weighted by Crippen LogP contribution is 2.30. The summed E-state index contributed by atoms with van der Waals surface area (Å²) in [5, 5.41) is 11.2. The van der Waals surface area contributed by atoms with Crippen LogP contribution < -0.4 is 5.73 Å². The maximum Gasteiger partial charge on any atom is 0.283 e. The summed E-state index contributed by atoms with van der Waals surface area (Å²) in [6.07, 6.45) is 0. The molecule has 2 N–H and O–H groups in total. The molecule has 9 heteroatoms. The number of nitro groups is 1. The molecule has 2 rings (SSSR count). The minimum Gasteiger partial charge on any atom is -0.366 e. The van der Waals surface area contributed by atoms with Gasteiger partial charge in [-0.3, -0.25) is 19.7 Å². The molecule has 0 heterocycles. The molecular formula is C17H16BrN3O4S. The van der Waals surface area contributed by atoms with Gasteiger partial charge in [0.05, 0.1) is 15.6 Å². The molecular weight excluding hydrogens is 422 g/mol. The quantitative estimate of drug-likeness (QED) is 0.406. The van der Waals surface area contributed by atoms with E-state index in [2.05, 4.69) is 15.9 Å². The van der Waals surface area contributed by atoms with Gasteiger partial charge in [0.25, 0.3) is 5.69 Å². The third kappa shape index (κ3) is 5.30. The van der Waals surface area contributed by atoms with Crippen molar-refractivity contribution in [3.63, 3.8) is 0 Å². The number of amides is 2. The molecule has 0 atom stereocenters. The summed E-state index contributed by atoms with van der Waals surface area (Å²) >= 11 is 4.41. The van der Waals surface area contributed by atoms with Crippen LogP contribution in [0.15, 0.2) is 51.8 Å². The maximum absolute atomic E-state index is 12.3. The number of thioether (sulfide) groups is 1. The van der Waals surface area contributed by atoms with Crippen molar-refractivity contribution >= 4 is 45.2 Å². The third-order valence-corrected chi connectivity index (χ3v) is 5.13. The number of halogens is 1. The van der Waals surface area contributed by atoms with E-state index in [1.807, 2.05) is 24.3 Å². The zero-order chi connectivity index (χ0) is 19.3. The molecule has 0 aliphatic heterocycles. The molecule has 0 aromatic heterocycles. The summed E-state index contributed by atoms with van der Waals surface area (Å²) in [5.74, 6) is -0.856. The van der Waals surface area contributed by atoms with Crippen molar-refractivity contribution in [2.75, 3.05) is 12.8 Å². The van der Waals surface area contributed by atoms with E-state index in [9.17, 15) is 19.7 Å². The second kappa shape index (κ2) is 8.81. The van der Waals surface area contributed by atoms with Gasteiger partial charge in [0.2, 0.25) is 11.8 Å². The second-order valence-electron chi connectivity index (χ2n) is 5.47. The zero-order valence-electron chi connectivity index (χ0n) is 13.8. The first-order valence-electron chi connectivity index (χ1n) is 7.47. The molecule has 0 spiro atoms. The molecule has 0 radical (unpaired) electrons. The first-order chi connectivity index (χ1) is 12.3. The van der Waals surface area contributed by atoms with Crippen molar-refractivity contribution in [1.29, 1.82) is 0 Å². The monoisotopic (exact) mass is 437 g/mol. The molecule has 2 amide bonds. The lowest BCUT2D eigenvalue weighted by atomic mass is 10.2. The lowest BCUT2D eigenvalue weighted by molar-refractivity contribution is -0.387. The normalized spacial score (nSPS) is 10.4. The van der Waals surface area contributed by atoms with Crippen LogP contribution in [-0.2, 0) is 11.3 Å². The summed E-state index contributed by atoms with van der Waals surface area (Å²) in [7, 11) is 1.68. The fourth-order valence-electron chi connectivity index (χ4n) is 2.14. The number of nitro benzene ring substituents is 1. The van der Waals surface area contributed by atoms with Crippen LogP contribution in [0.25, 0.3) is 0 Å². The average Bonchev–Trinajstić information content (AvgIpc) is 2.61. The Labute approximate surface area is 162 Å². The molecule has 0 unspecified atom stereocenters. The number of primary amides is 1. The first kappa shape index (κ1) is 19.9. The van der Waals surface area contributed by atoms with Crippen LogP contribution >= 0.6 is 27.7 Å². The van der Waals surface area contributed by atoms with Crippen LogP contribution in [0.1, 0.15) is 15.9 Å². The predicted octanol–water partition coefficient (Wildman–Crippen LogP) is 3.21. The van der Waals surface area contributed by atoms with E-state index in [1.54, 1.807) is 11.9 Å². The highest BCUT2D eigenvalue weighted by Gasteiger charge is 2.19. The van der Waals surface area contributed by atoms with E-state index in [1.165, 1.54) is 12.1 Å². The van der Waals surface area contributed by atoms with E-state index in [-0.39, 0.29) is 22.9 Å².